The number of thioether (sulfide) groups is 1. The maximum atomic E-state index is 12.4. The molecule has 3 rings (SSSR count). The number of aromatic nitrogens is 1. The first kappa shape index (κ1) is 12.9. The molecule has 1 unspecified atom stereocenters. The van der Waals surface area contributed by atoms with E-state index in [-0.39, 0.29) is 5.91 Å². The fraction of sp³-hybridized carbons (Fsp3) is 0.214. The Morgan fingerprint density at radius 3 is 3.00 bits per heavy atom. The highest BCUT2D eigenvalue weighted by atomic mass is 32.2. The lowest BCUT2D eigenvalue weighted by atomic mass is 10.1. The van der Waals surface area contributed by atoms with Crippen molar-refractivity contribution in [2.75, 3.05) is 11.6 Å². The van der Waals surface area contributed by atoms with Crippen molar-refractivity contribution in [2.45, 2.75) is 6.04 Å². The molecule has 2 aromatic rings. The Hall–Kier alpha value is -2.08. The Bertz CT molecular complexity index is 689. The molecule has 2 heterocycles. The summed E-state index contributed by atoms with van der Waals surface area (Å²) in [5.41, 5.74) is 1.31. The SMILES string of the molecule is O=C(O)C1CSCN1C(=O)c1ccc2ncccc2c1. The van der Waals surface area contributed by atoms with Gasteiger partial charge in [-0.3, -0.25) is 9.78 Å². The number of carboxylic acid groups (broad SMARTS) is 1. The van der Waals surface area contributed by atoms with Crippen molar-refractivity contribution < 1.29 is 14.7 Å². The molecular formula is C14H12N2O3S. The lowest BCUT2D eigenvalue weighted by Gasteiger charge is -2.20. The maximum Gasteiger partial charge on any atom is 0.327 e. The molecule has 1 aliphatic rings. The zero-order chi connectivity index (χ0) is 14.1. The molecule has 1 aromatic carbocycles. The van der Waals surface area contributed by atoms with Crippen LogP contribution in [0.15, 0.2) is 36.5 Å². The number of nitrogens with zero attached hydrogens (tertiary/aromatic N) is 2. The summed E-state index contributed by atoms with van der Waals surface area (Å²) in [6.07, 6.45) is 1.70. The summed E-state index contributed by atoms with van der Waals surface area (Å²) in [7, 11) is 0. The molecule has 1 aromatic heterocycles. The van der Waals surface area contributed by atoms with E-state index in [2.05, 4.69) is 4.98 Å². The largest absolute Gasteiger partial charge is 0.480 e. The molecule has 0 aliphatic carbocycles. The van der Waals surface area contributed by atoms with Crippen LogP contribution < -0.4 is 0 Å². The quantitative estimate of drug-likeness (QED) is 0.913. The van der Waals surface area contributed by atoms with E-state index in [1.165, 1.54) is 16.7 Å². The van der Waals surface area contributed by atoms with Crippen LogP contribution in [-0.4, -0.2) is 44.5 Å². The summed E-state index contributed by atoms with van der Waals surface area (Å²) < 4.78 is 0. The number of pyridine rings is 1. The van der Waals surface area contributed by atoms with Gasteiger partial charge in [0.05, 0.1) is 11.4 Å². The highest BCUT2D eigenvalue weighted by Gasteiger charge is 2.34. The van der Waals surface area contributed by atoms with Crippen molar-refractivity contribution >= 4 is 34.5 Å². The van der Waals surface area contributed by atoms with Gasteiger partial charge in [-0.1, -0.05) is 6.07 Å². The van der Waals surface area contributed by atoms with Crippen LogP contribution in [-0.2, 0) is 4.79 Å². The third-order valence-electron chi connectivity index (χ3n) is 3.28. The van der Waals surface area contributed by atoms with Crippen LogP contribution in [0.5, 0.6) is 0 Å². The normalized spacial score (nSPS) is 18.4. The second-order valence-electron chi connectivity index (χ2n) is 4.54. The van der Waals surface area contributed by atoms with E-state index in [0.717, 1.165) is 10.9 Å². The van der Waals surface area contributed by atoms with E-state index >= 15 is 0 Å². The zero-order valence-corrected chi connectivity index (χ0v) is 11.3. The molecule has 102 valence electrons. The molecule has 1 N–H and O–H groups in total. The average molecular weight is 288 g/mol. The topological polar surface area (TPSA) is 70.5 Å². The highest BCUT2D eigenvalue weighted by molar-refractivity contribution is 7.99. The van der Waals surface area contributed by atoms with E-state index < -0.39 is 12.0 Å². The number of carbonyl (C=O) groups excluding carboxylic acids is 1. The molecule has 1 saturated heterocycles. The van der Waals surface area contributed by atoms with Gasteiger partial charge in [0.1, 0.15) is 6.04 Å². The van der Waals surface area contributed by atoms with Gasteiger partial charge in [0.2, 0.25) is 0 Å². The smallest absolute Gasteiger partial charge is 0.327 e. The Morgan fingerprint density at radius 1 is 1.35 bits per heavy atom. The number of aliphatic carboxylic acids is 1. The van der Waals surface area contributed by atoms with Crippen LogP contribution in [0.3, 0.4) is 0 Å². The molecule has 1 atom stereocenters. The van der Waals surface area contributed by atoms with Crippen LogP contribution in [0.1, 0.15) is 10.4 Å². The number of benzene rings is 1. The van der Waals surface area contributed by atoms with Gasteiger partial charge in [0, 0.05) is 22.9 Å². The van der Waals surface area contributed by atoms with Crippen molar-refractivity contribution in [3.8, 4) is 0 Å². The third kappa shape index (κ3) is 2.22. The number of rotatable bonds is 2. The Kier molecular flexibility index (Phi) is 3.31. The highest BCUT2D eigenvalue weighted by Crippen LogP contribution is 2.24. The van der Waals surface area contributed by atoms with Crippen LogP contribution in [0.4, 0.5) is 0 Å². The fourth-order valence-corrected chi connectivity index (χ4v) is 3.37. The first-order valence-corrected chi connectivity index (χ1v) is 7.28. The number of hydrogen-bond donors (Lipinski definition) is 1. The summed E-state index contributed by atoms with van der Waals surface area (Å²) in [6.45, 7) is 0. The molecule has 20 heavy (non-hydrogen) atoms. The van der Waals surface area contributed by atoms with Gasteiger partial charge in [-0.05, 0) is 24.3 Å². The molecule has 0 spiro atoms. The summed E-state index contributed by atoms with van der Waals surface area (Å²) in [4.78, 5) is 29.2. The maximum absolute atomic E-state index is 12.4. The van der Waals surface area contributed by atoms with Gasteiger partial charge < -0.3 is 10.0 Å². The minimum absolute atomic E-state index is 0.242. The van der Waals surface area contributed by atoms with Gasteiger partial charge in [-0.2, -0.15) is 0 Å². The second kappa shape index (κ2) is 5.13. The summed E-state index contributed by atoms with van der Waals surface area (Å²) >= 11 is 1.46. The van der Waals surface area contributed by atoms with Crippen LogP contribution >= 0.6 is 11.8 Å². The first-order chi connectivity index (χ1) is 9.66. The lowest BCUT2D eigenvalue weighted by molar-refractivity contribution is -0.140. The molecule has 0 radical (unpaired) electrons. The van der Waals surface area contributed by atoms with Gasteiger partial charge in [-0.25, -0.2) is 4.79 Å². The van der Waals surface area contributed by atoms with Gasteiger partial charge in [0.15, 0.2) is 0 Å². The Morgan fingerprint density at radius 2 is 2.20 bits per heavy atom. The minimum Gasteiger partial charge on any atom is -0.480 e. The molecule has 1 amide bonds. The number of carboxylic acids is 1. The average Bonchev–Trinajstić information content (AvgIpc) is 2.95. The van der Waals surface area contributed by atoms with Crippen molar-refractivity contribution in [3.63, 3.8) is 0 Å². The van der Waals surface area contributed by atoms with E-state index in [1.54, 1.807) is 24.4 Å². The predicted molar refractivity (Wildman–Crippen MR) is 76.7 cm³/mol. The van der Waals surface area contributed by atoms with Crippen molar-refractivity contribution in [3.05, 3.63) is 42.1 Å². The first-order valence-electron chi connectivity index (χ1n) is 6.13. The summed E-state index contributed by atoms with van der Waals surface area (Å²) in [6, 6.07) is 8.18. The molecule has 5 nitrogen and oxygen atoms in total. The zero-order valence-electron chi connectivity index (χ0n) is 10.5. The molecule has 0 saturated carbocycles. The fourth-order valence-electron chi connectivity index (χ4n) is 2.22. The number of amides is 1. The molecule has 1 fully saturated rings. The standard InChI is InChI=1S/C14H12N2O3S/c17-13(16-8-20-7-12(16)14(18)19)10-3-4-11-9(6-10)2-1-5-15-11/h1-6,12H,7-8H2,(H,18,19). The van der Waals surface area contributed by atoms with E-state index in [4.69, 9.17) is 5.11 Å². The number of hydrogen-bond acceptors (Lipinski definition) is 4. The van der Waals surface area contributed by atoms with E-state index in [0.29, 0.717) is 17.2 Å². The number of fused-ring (bicyclic) bond motifs is 1. The van der Waals surface area contributed by atoms with Gasteiger partial charge in [0.25, 0.3) is 5.91 Å². The molecular weight excluding hydrogens is 276 g/mol. The molecule has 1 aliphatic heterocycles. The van der Waals surface area contributed by atoms with Crippen LogP contribution in [0.25, 0.3) is 10.9 Å². The van der Waals surface area contributed by atoms with Crippen molar-refractivity contribution in [2.24, 2.45) is 0 Å². The molecule has 6 heteroatoms. The monoisotopic (exact) mass is 288 g/mol. The Balaban J connectivity index is 1.94. The van der Waals surface area contributed by atoms with E-state index in [9.17, 15) is 9.59 Å². The second-order valence-corrected chi connectivity index (χ2v) is 5.54. The third-order valence-corrected chi connectivity index (χ3v) is 4.29. The number of carbonyl (C=O) groups is 2. The Labute approximate surface area is 119 Å². The van der Waals surface area contributed by atoms with Crippen molar-refractivity contribution in [1.82, 2.24) is 9.88 Å². The predicted octanol–water partition coefficient (Wildman–Crippen LogP) is 1.83. The summed E-state index contributed by atoms with van der Waals surface area (Å²) in [5, 5.41) is 10.0. The van der Waals surface area contributed by atoms with Crippen molar-refractivity contribution in [1.29, 1.82) is 0 Å². The van der Waals surface area contributed by atoms with Gasteiger partial charge in [-0.15, -0.1) is 11.8 Å². The summed E-state index contributed by atoms with van der Waals surface area (Å²) in [5.74, 6) is -0.337. The molecule has 0 bridgehead atoms. The van der Waals surface area contributed by atoms with E-state index in [1.807, 2.05) is 12.1 Å². The van der Waals surface area contributed by atoms with Crippen LogP contribution in [0.2, 0.25) is 0 Å². The van der Waals surface area contributed by atoms with Crippen LogP contribution in [0, 0.1) is 0 Å². The minimum atomic E-state index is -0.953. The van der Waals surface area contributed by atoms with Gasteiger partial charge >= 0.3 is 5.97 Å². The lowest BCUT2D eigenvalue weighted by Crippen LogP contribution is -2.41.